The molecule has 1 aliphatic heterocycles. The molecule has 0 unspecified atom stereocenters. The zero-order valence-corrected chi connectivity index (χ0v) is 8.25. The third-order valence-corrected chi connectivity index (χ3v) is 2.74. The number of ether oxygens (including phenoxy) is 1. The summed E-state index contributed by atoms with van der Waals surface area (Å²) < 4.78 is 5.49. The van der Waals surface area contributed by atoms with Crippen LogP contribution in [0.2, 0.25) is 0 Å². The Hall–Kier alpha value is -0.570. The first-order valence-electron chi connectivity index (χ1n) is 5.30. The smallest absolute Gasteiger partial charge is 0.0965 e. The fourth-order valence-electron chi connectivity index (χ4n) is 1.95. The predicted molar refractivity (Wildman–Crippen MR) is 53.1 cm³/mol. The topological polar surface area (TPSA) is 33.6 Å². The molecule has 0 saturated heterocycles. The van der Waals surface area contributed by atoms with Gasteiger partial charge in [-0.3, -0.25) is 4.99 Å². The molecule has 1 fully saturated rings. The van der Waals surface area contributed by atoms with Crippen molar-refractivity contribution in [3.05, 3.63) is 0 Å². The van der Waals surface area contributed by atoms with Gasteiger partial charge in [0.1, 0.15) is 0 Å². The highest BCUT2D eigenvalue weighted by Crippen LogP contribution is 2.23. The van der Waals surface area contributed by atoms with E-state index in [2.05, 4.69) is 17.2 Å². The van der Waals surface area contributed by atoms with Crippen molar-refractivity contribution in [1.29, 1.82) is 0 Å². The van der Waals surface area contributed by atoms with Gasteiger partial charge in [0.05, 0.1) is 11.9 Å². The molecule has 2 rings (SSSR count). The third kappa shape index (κ3) is 2.21. The molecule has 1 aliphatic carbocycles. The van der Waals surface area contributed by atoms with E-state index in [-0.39, 0.29) is 0 Å². The number of amidine groups is 1. The van der Waals surface area contributed by atoms with Gasteiger partial charge in [0, 0.05) is 25.6 Å². The molecule has 3 nitrogen and oxygen atoms in total. The standard InChI is InChI=1S/C10H18N2O/c1-2-13-9-6-8(7-9)12-10-4-3-5-11-10/h8-9H,2-7H2,1H3,(H,11,12). The summed E-state index contributed by atoms with van der Waals surface area (Å²) in [6.07, 6.45) is 5.20. The Labute approximate surface area is 79.6 Å². The Balaban J connectivity index is 1.63. The van der Waals surface area contributed by atoms with Crippen molar-refractivity contribution in [2.24, 2.45) is 4.99 Å². The van der Waals surface area contributed by atoms with Gasteiger partial charge in [0.2, 0.25) is 0 Å². The van der Waals surface area contributed by atoms with E-state index < -0.39 is 0 Å². The van der Waals surface area contributed by atoms with E-state index in [9.17, 15) is 0 Å². The zero-order valence-electron chi connectivity index (χ0n) is 8.25. The molecule has 1 N–H and O–H groups in total. The summed E-state index contributed by atoms with van der Waals surface area (Å²) in [5.74, 6) is 1.22. The van der Waals surface area contributed by atoms with Gasteiger partial charge >= 0.3 is 0 Å². The Morgan fingerprint density at radius 2 is 2.38 bits per heavy atom. The molecule has 13 heavy (non-hydrogen) atoms. The molecule has 3 heteroatoms. The van der Waals surface area contributed by atoms with Crippen molar-refractivity contribution in [2.45, 2.75) is 44.8 Å². The van der Waals surface area contributed by atoms with E-state index in [1.807, 2.05) is 0 Å². The van der Waals surface area contributed by atoms with Crippen molar-refractivity contribution in [1.82, 2.24) is 5.32 Å². The summed E-state index contributed by atoms with van der Waals surface area (Å²) in [4.78, 5) is 4.39. The van der Waals surface area contributed by atoms with Crippen LogP contribution in [0.15, 0.2) is 4.99 Å². The average molecular weight is 182 g/mol. The number of rotatable bonds is 3. The lowest BCUT2D eigenvalue weighted by Gasteiger charge is -2.35. The maximum Gasteiger partial charge on any atom is 0.0965 e. The molecule has 0 spiro atoms. The fourth-order valence-corrected chi connectivity index (χ4v) is 1.95. The maximum atomic E-state index is 5.49. The monoisotopic (exact) mass is 182 g/mol. The van der Waals surface area contributed by atoms with Gasteiger partial charge in [0.25, 0.3) is 0 Å². The molecule has 0 amide bonds. The number of nitrogens with zero attached hydrogens (tertiary/aromatic N) is 1. The Kier molecular flexibility index (Phi) is 2.83. The van der Waals surface area contributed by atoms with Crippen LogP contribution in [0, 0.1) is 0 Å². The Morgan fingerprint density at radius 3 is 3.00 bits per heavy atom. The van der Waals surface area contributed by atoms with Gasteiger partial charge in [-0.15, -0.1) is 0 Å². The molecule has 1 saturated carbocycles. The second-order valence-corrected chi connectivity index (χ2v) is 3.82. The minimum Gasteiger partial charge on any atom is -0.378 e. The van der Waals surface area contributed by atoms with Crippen LogP contribution in [-0.2, 0) is 4.74 Å². The van der Waals surface area contributed by atoms with Crippen LogP contribution in [0.4, 0.5) is 0 Å². The van der Waals surface area contributed by atoms with E-state index in [0.717, 1.165) is 32.4 Å². The lowest BCUT2D eigenvalue weighted by atomic mass is 9.89. The van der Waals surface area contributed by atoms with Crippen molar-refractivity contribution < 1.29 is 4.74 Å². The first-order valence-corrected chi connectivity index (χ1v) is 5.30. The fraction of sp³-hybridized carbons (Fsp3) is 0.900. The molecule has 1 heterocycles. The van der Waals surface area contributed by atoms with Crippen LogP contribution in [-0.4, -0.2) is 31.1 Å². The first kappa shape index (κ1) is 9.00. The van der Waals surface area contributed by atoms with E-state index in [0.29, 0.717) is 12.1 Å². The van der Waals surface area contributed by atoms with Gasteiger partial charge in [-0.1, -0.05) is 0 Å². The van der Waals surface area contributed by atoms with Crippen molar-refractivity contribution in [3.8, 4) is 0 Å². The number of hydrogen-bond acceptors (Lipinski definition) is 3. The molecular weight excluding hydrogens is 164 g/mol. The van der Waals surface area contributed by atoms with Gasteiger partial charge in [-0.25, -0.2) is 0 Å². The van der Waals surface area contributed by atoms with Crippen LogP contribution >= 0.6 is 0 Å². The second-order valence-electron chi connectivity index (χ2n) is 3.82. The van der Waals surface area contributed by atoms with Crippen LogP contribution in [0.5, 0.6) is 0 Å². The van der Waals surface area contributed by atoms with Crippen LogP contribution in [0.3, 0.4) is 0 Å². The lowest BCUT2D eigenvalue weighted by Crippen LogP contribution is -2.47. The van der Waals surface area contributed by atoms with E-state index >= 15 is 0 Å². The molecule has 74 valence electrons. The average Bonchev–Trinajstić information content (AvgIpc) is 2.53. The van der Waals surface area contributed by atoms with Gasteiger partial charge < -0.3 is 10.1 Å². The summed E-state index contributed by atoms with van der Waals surface area (Å²) in [5, 5.41) is 3.47. The first-order chi connectivity index (χ1) is 6.38. The van der Waals surface area contributed by atoms with Gasteiger partial charge in [0.15, 0.2) is 0 Å². The summed E-state index contributed by atoms with van der Waals surface area (Å²) in [7, 11) is 0. The highest BCUT2D eigenvalue weighted by atomic mass is 16.5. The second kappa shape index (κ2) is 4.09. The number of hydrogen-bond donors (Lipinski definition) is 1. The molecule has 2 aliphatic rings. The van der Waals surface area contributed by atoms with E-state index in [4.69, 9.17) is 4.74 Å². The van der Waals surface area contributed by atoms with Gasteiger partial charge in [-0.05, 0) is 26.2 Å². The van der Waals surface area contributed by atoms with Crippen molar-refractivity contribution >= 4 is 5.84 Å². The summed E-state index contributed by atoms with van der Waals surface area (Å²) in [5.41, 5.74) is 0. The molecule has 0 atom stereocenters. The van der Waals surface area contributed by atoms with Crippen LogP contribution < -0.4 is 5.32 Å². The zero-order chi connectivity index (χ0) is 9.10. The van der Waals surface area contributed by atoms with Crippen molar-refractivity contribution in [2.75, 3.05) is 13.2 Å². The van der Waals surface area contributed by atoms with Crippen LogP contribution in [0.1, 0.15) is 32.6 Å². The predicted octanol–water partition coefficient (Wildman–Crippen LogP) is 1.34. The quantitative estimate of drug-likeness (QED) is 0.714. The summed E-state index contributed by atoms with van der Waals surface area (Å²) in [6, 6.07) is 0.633. The van der Waals surface area contributed by atoms with Crippen molar-refractivity contribution in [3.63, 3.8) is 0 Å². The minimum absolute atomic E-state index is 0.504. The highest BCUT2D eigenvalue weighted by Gasteiger charge is 2.30. The SMILES string of the molecule is CCOC1CC(NC2=NCCC2)C1. The van der Waals surface area contributed by atoms with Crippen LogP contribution in [0.25, 0.3) is 0 Å². The summed E-state index contributed by atoms with van der Waals surface area (Å²) in [6.45, 7) is 3.92. The highest BCUT2D eigenvalue weighted by molar-refractivity contribution is 5.83. The normalized spacial score (nSPS) is 32.5. The molecule has 0 radical (unpaired) electrons. The Morgan fingerprint density at radius 1 is 1.54 bits per heavy atom. The number of nitrogens with one attached hydrogen (secondary N) is 1. The van der Waals surface area contributed by atoms with E-state index in [1.54, 1.807) is 0 Å². The number of aliphatic imine (C=N–C) groups is 1. The molecule has 0 aromatic carbocycles. The maximum absolute atomic E-state index is 5.49. The molecular formula is C10H18N2O. The molecule has 0 bridgehead atoms. The van der Waals surface area contributed by atoms with E-state index in [1.165, 1.54) is 12.3 Å². The largest absolute Gasteiger partial charge is 0.378 e. The minimum atomic E-state index is 0.504. The van der Waals surface area contributed by atoms with Gasteiger partial charge in [-0.2, -0.15) is 0 Å². The molecule has 0 aromatic heterocycles. The lowest BCUT2D eigenvalue weighted by molar-refractivity contribution is -0.00566. The third-order valence-electron chi connectivity index (χ3n) is 2.74. The Bertz CT molecular complexity index is 197. The summed E-state index contributed by atoms with van der Waals surface area (Å²) >= 11 is 0. The molecule has 0 aromatic rings.